The lowest BCUT2D eigenvalue weighted by Crippen LogP contribution is -2.37. The topological polar surface area (TPSA) is 79.5 Å². The van der Waals surface area contributed by atoms with Crippen LogP contribution in [-0.4, -0.2) is 52.8 Å². The molecule has 3 rings (SSSR count). The molecule has 2 N–H and O–H groups in total. The van der Waals surface area contributed by atoms with E-state index in [2.05, 4.69) is 4.98 Å². The van der Waals surface area contributed by atoms with E-state index in [0.717, 1.165) is 11.4 Å². The number of rotatable bonds is 3. The Hall–Kier alpha value is -1.96. The van der Waals surface area contributed by atoms with Crippen molar-refractivity contribution in [3.8, 4) is 0 Å². The van der Waals surface area contributed by atoms with E-state index in [1.165, 1.54) is 11.3 Å². The Morgan fingerprint density at radius 2 is 1.72 bits per heavy atom. The fourth-order valence-corrected chi connectivity index (χ4v) is 3.54. The van der Waals surface area contributed by atoms with E-state index in [4.69, 9.17) is 17.3 Å². The maximum Gasteiger partial charge on any atom is 0.273 e. The van der Waals surface area contributed by atoms with E-state index in [-0.39, 0.29) is 11.8 Å². The van der Waals surface area contributed by atoms with E-state index in [1.807, 2.05) is 0 Å². The van der Waals surface area contributed by atoms with Crippen LogP contribution in [0, 0.1) is 0 Å². The summed E-state index contributed by atoms with van der Waals surface area (Å²) in [6.07, 6.45) is 0.735. The van der Waals surface area contributed by atoms with Crippen molar-refractivity contribution in [3.05, 3.63) is 50.9 Å². The van der Waals surface area contributed by atoms with Gasteiger partial charge in [-0.1, -0.05) is 11.6 Å². The third-order valence-electron chi connectivity index (χ3n) is 4.11. The van der Waals surface area contributed by atoms with Crippen molar-refractivity contribution in [2.75, 3.05) is 26.2 Å². The lowest BCUT2D eigenvalue weighted by atomic mass is 10.2. The Balaban J connectivity index is 1.64. The van der Waals surface area contributed by atoms with E-state index >= 15 is 0 Å². The summed E-state index contributed by atoms with van der Waals surface area (Å²) in [5.74, 6) is -0.137. The molecular weight excluding hydrogens is 360 g/mol. The first kappa shape index (κ1) is 17.8. The zero-order chi connectivity index (χ0) is 17.8. The third kappa shape index (κ3) is 4.18. The first-order valence-electron chi connectivity index (χ1n) is 8.07. The van der Waals surface area contributed by atoms with E-state index in [9.17, 15) is 9.59 Å². The number of carbonyl (C=O) groups is 2. The van der Waals surface area contributed by atoms with Gasteiger partial charge in [-0.15, -0.1) is 11.3 Å². The van der Waals surface area contributed by atoms with Crippen molar-refractivity contribution in [2.24, 2.45) is 5.73 Å². The lowest BCUT2D eigenvalue weighted by molar-refractivity contribution is 0.0716. The summed E-state index contributed by atoms with van der Waals surface area (Å²) >= 11 is 7.26. The molecule has 132 valence electrons. The van der Waals surface area contributed by atoms with Gasteiger partial charge < -0.3 is 15.5 Å². The van der Waals surface area contributed by atoms with E-state index < -0.39 is 0 Å². The number of hydrogen-bond donors (Lipinski definition) is 1. The molecular formula is C17H19ClN4O2S. The van der Waals surface area contributed by atoms with Crippen LogP contribution in [0.5, 0.6) is 0 Å². The molecule has 25 heavy (non-hydrogen) atoms. The molecule has 0 radical (unpaired) electrons. The molecule has 1 fully saturated rings. The quantitative estimate of drug-likeness (QED) is 0.888. The van der Waals surface area contributed by atoms with Gasteiger partial charge in [-0.2, -0.15) is 0 Å². The molecule has 2 aromatic rings. The Morgan fingerprint density at radius 1 is 1.08 bits per heavy atom. The number of nitrogens with zero attached hydrogens (tertiary/aromatic N) is 3. The van der Waals surface area contributed by atoms with Gasteiger partial charge in [0, 0.05) is 48.7 Å². The van der Waals surface area contributed by atoms with Crippen LogP contribution >= 0.6 is 22.9 Å². The van der Waals surface area contributed by atoms with Crippen LogP contribution in [0.2, 0.25) is 5.02 Å². The average molecular weight is 379 g/mol. The number of thiazole rings is 1. The van der Waals surface area contributed by atoms with Gasteiger partial charge in [0.1, 0.15) is 10.7 Å². The molecule has 2 amide bonds. The van der Waals surface area contributed by atoms with Gasteiger partial charge in [-0.3, -0.25) is 9.59 Å². The van der Waals surface area contributed by atoms with Crippen LogP contribution in [0.15, 0.2) is 29.6 Å². The van der Waals surface area contributed by atoms with Gasteiger partial charge in [-0.05, 0) is 30.7 Å². The third-order valence-corrected chi connectivity index (χ3v) is 5.23. The molecule has 0 saturated carbocycles. The number of amides is 2. The lowest BCUT2D eigenvalue weighted by Gasteiger charge is -2.22. The second-order valence-corrected chi connectivity index (χ2v) is 7.15. The molecule has 0 unspecified atom stereocenters. The minimum Gasteiger partial charge on any atom is -0.337 e. The summed E-state index contributed by atoms with van der Waals surface area (Å²) in [6, 6.07) is 6.86. The largest absolute Gasteiger partial charge is 0.337 e. The van der Waals surface area contributed by atoms with Gasteiger partial charge in [0.15, 0.2) is 0 Å². The summed E-state index contributed by atoms with van der Waals surface area (Å²) in [5, 5.41) is 3.09. The number of aromatic nitrogens is 1. The number of carbonyl (C=O) groups excluding carboxylic acids is 2. The first-order chi connectivity index (χ1) is 12.1. The van der Waals surface area contributed by atoms with Gasteiger partial charge in [0.2, 0.25) is 0 Å². The molecule has 0 atom stereocenters. The second-order valence-electron chi connectivity index (χ2n) is 5.78. The maximum absolute atomic E-state index is 12.6. The minimum absolute atomic E-state index is 0.0370. The molecule has 1 aliphatic rings. The van der Waals surface area contributed by atoms with Crippen molar-refractivity contribution in [1.82, 2.24) is 14.8 Å². The molecule has 1 aromatic heterocycles. The monoisotopic (exact) mass is 378 g/mol. The molecule has 1 aromatic carbocycles. The first-order valence-corrected chi connectivity index (χ1v) is 9.33. The Labute approximate surface area is 155 Å². The smallest absolute Gasteiger partial charge is 0.273 e. The number of hydrogen-bond acceptors (Lipinski definition) is 5. The van der Waals surface area contributed by atoms with Crippen LogP contribution in [0.1, 0.15) is 32.3 Å². The Morgan fingerprint density at radius 3 is 2.32 bits per heavy atom. The van der Waals surface area contributed by atoms with Crippen molar-refractivity contribution >= 4 is 34.8 Å². The van der Waals surface area contributed by atoms with Gasteiger partial charge in [-0.25, -0.2) is 4.98 Å². The normalized spacial score (nSPS) is 15.1. The fourth-order valence-electron chi connectivity index (χ4n) is 2.76. The van der Waals surface area contributed by atoms with Crippen LogP contribution in [0.4, 0.5) is 0 Å². The van der Waals surface area contributed by atoms with Crippen molar-refractivity contribution in [1.29, 1.82) is 0 Å². The molecule has 8 heteroatoms. The average Bonchev–Trinajstić information content (AvgIpc) is 2.98. The highest BCUT2D eigenvalue weighted by atomic mass is 35.5. The van der Waals surface area contributed by atoms with Crippen molar-refractivity contribution in [2.45, 2.75) is 13.0 Å². The van der Waals surface area contributed by atoms with Crippen LogP contribution in [0.3, 0.4) is 0 Å². The minimum atomic E-state index is -0.100. The van der Waals surface area contributed by atoms with E-state index in [0.29, 0.717) is 49.0 Å². The molecule has 2 heterocycles. The van der Waals surface area contributed by atoms with Crippen molar-refractivity contribution < 1.29 is 9.59 Å². The Kier molecular flexibility index (Phi) is 5.67. The standard InChI is InChI=1S/C17H19ClN4O2S/c18-13-4-2-12(3-5-13)16(23)21-6-1-7-22(9-8-21)17(24)14-11-25-15(10-19)20-14/h2-5,11H,1,6-10,19H2. The molecule has 6 nitrogen and oxygen atoms in total. The summed E-state index contributed by atoms with van der Waals surface area (Å²) in [5.41, 5.74) is 6.59. The predicted molar refractivity (Wildman–Crippen MR) is 97.9 cm³/mol. The molecule has 0 aliphatic carbocycles. The highest BCUT2D eigenvalue weighted by Gasteiger charge is 2.24. The maximum atomic E-state index is 12.6. The number of nitrogens with two attached hydrogens (primary N) is 1. The number of benzene rings is 1. The summed E-state index contributed by atoms with van der Waals surface area (Å²) < 4.78 is 0. The highest BCUT2D eigenvalue weighted by Crippen LogP contribution is 2.16. The van der Waals surface area contributed by atoms with Crippen LogP contribution in [-0.2, 0) is 6.54 Å². The number of halogens is 1. The van der Waals surface area contributed by atoms with Crippen LogP contribution in [0.25, 0.3) is 0 Å². The molecule has 0 spiro atoms. The summed E-state index contributed by atoms with van der Waals surface area (Å²) in [7, 11) is 0. The van der Waals surface area contributed by atoms with E-state index in [1.54, 1.807) is 39.4 Å². The summed E-state index contributed by atoms with van der Waals surface area (Å²) in [4.78, 5) is 33.0. The van der Waals surface area contributed by atoms with Gasteiger partial charge >= 0.3 is 0 Å². The zero-order valence-electron chi connectivity index (χ0n) is 13.7. The van der Waals surface area contributed by atoms with Crippen LogP contribution < -0.4 is 5.73 Å². The molecule has 1 saturated heterocycles. The van der Waals surface area contributed by atoms with Crippen molar-refractivity contribution in [3.63, 3.8) is 0 Å². The second kappa shape index (κ2) is 7.95. The fraction of sp³-hybridized carbons (Fsp3) is 0.353. The van der Waals surface area contributed by atoms with Gasteiger partial charge in [0.25, 0.3) is 11.8 Å². The highest BCUT2D eigenvalue weighted by molar-refractivity contribution is 7.09. The summed E-state index contributed by atoms with van der Waals surface area (Å²) in [6.45, 7) is 2.56. The SMILES string of the molecule is NCc1nc(C(=O)N2CCCN(C(=O)c3ccc(Cl)cc3)CC2)cs1. The molecule has 0 bridgehead atoms. The van der Waals surface area contributed by atoms with Gasteiger partial charge in [0.05, 0.1) is 0 Å². The molecule has 1 aliphatic heterocycles. The Bertz CT molecular complexity index is 762. The zero-order valence-corrected chi connectivity index (χ0v) is 15.2. The predicted octanol–water partition coefficient (Wildman–Crippen LogP) is 2.24.